The highest BCUT2D eigenvalue weighted by Gasteiger charge is 2.36. The van der Waals surface area contributed by atoms with E-state index in [1.54, 1.807) is 13.0 Å². The zero-order valence-corrected chi connectivity index (χ0v) is 14.1. The van der Waals surface area contributed by atoms with E-state index in [0.717, 1.165) is 0 Å². The standard InChI is InChI=1S/C17H19F4N3O/c1-4-24(14-8-6-5-7-13(14)18)16-22-9-12(17(19,20)21)15(23-16)25-10-11(2)3/h5-9,11H,4,10H2,1-3H3. The second kappa shape index (κ2) is 7.67. The molecular formula is C17H19F4N3O. The monoisotopic (exact) mass is 357 g/mol. The summed E-state index contributed by atoms with van der Waals surface area (Å²) < 4.78 is 58.7. The molecular weight excluding hydrogens is 338 g/mol. The molecule has 0 amide bonds. The van der Waals surface area contributed by atoms with Crippen molar-refractivity contribution in [2.24, 2.45) is 5.92 Å². The third-order valence-corrected chi connectivity index (χ3v) is 3.30. The van der Waals surface area contributed by atoms with Crippen molar-refractivity contribution in [3.05, 3.63) is 41.8 Å². The Labute approximate surface area is 143 Å². The van der Waals surface area contributed by atoms with Crippen molar-refractivity contribution in [1.29, 1.82) is 0 Å². The number of hydrogen-bond donors (Lipinski definition) is 0. The van der Waals surface area contributed by atoms with E-state index in [1.165, 1.54) is 23.1 Å². The SMILES string of the molecule is CCN(c1ncc(C(F)(F)F)c(OCC(C)C)n1)c1ccccc1F. The van der Waals surface area contributed by atoms with Crippen LogP contribution in [-0.4, -0.2) is 23.1 Å². The van der Waals surface area contributed by atoms with Crippen molar-refractivity contribution in [2.75, 3.05) is 18.1 Å². The van der Waals surface area contributed by atoms with Crippen LogP contribution >= 0.6 is 0 Å². The Morgan fingerprint density at radius 1 is 1.20 bits per heavy atom. The molecule has 0 unspecified atom stereocenters. The maximum absolute atomic E-state index is 14.0. The van der Waals surface area contributed by atoms with E-state index in [2.05, 4.69) is 9.97 Å². The molecule has 0 saturated heterocycles. The number of para-hydroxylation sites is 1. The predicted octanol–water partition coefficient (Wildman–Crippen LogP) is 4.83. The van der Waals surface area contributed by atoms with Gasteiger partial charge in [0.15, 0.2) is 0 Å². The summed E-state index contributed by atoms with van der Waals surface area (Å²) in [7, 11) is 0. The molecule has 2 aromatic rings. The Kier molecular flexibility index (Phi) is 5.81. The molecule has 1 heterocycles. The Morgan fingerprint density at radius 3 is 2.44 bits per heavy atom. The average Bonchev–Trinajstić information content (AvgIpc) is 2.54. The molecule has 0 aliphatic heterocycles. The summed E-state index contributed by atoms with van der Waals surface area (Å²) in [4.78, 5) is 9.06. The zero-order chi connectivity index (χ0) is 18.6. The fourth-order valence-corrected chi connectivity index (χ4v) is 2.13. The van der Waals surface area contributed by atoms with Gasteiger partial charge in [-0.3, -0.25) is 0 Å². The molecule has 25 heavy (non-hydrogen) atoms. The number of ether oxygens (including phenoxy) is 1. The smallest absolute Gasteiger partial charge is 0.423 e. The van der Waals surface area contributed by atoms with E-state index < -0.39 is 23.4 Å². The summed E-state index contributed by atoms with van der Waals surface area (Å²) in [6.45, 7) is 5.70. The van der Waals surface area contributed by atoms with Gasteiger partial charge < -0.3 is 9.64 Å². The van der Waals surface area contributed by atoms with Gasteiger partial charge in [-0.2, -0.15) is 18.2 Å². The van der Waals surface area contributed by atoms with Crippen LogP contribution in [0.15, 0.2) is 30.5 Å². The van der Waals surface area contributed by atoms with Crippen molar-refractivity contribution in [2.45, 2.75) is 26.9 Å². The fraction of sp³-hybridized carbons (Fsp3) is 0.412. The molecule has 2 rings (SSSR count). The Morgan fingerprint density at radius 2 is 1.88 bits per heavy atom. The van der Waals surface area contributed by atoms with Crippen LogP contribution in [0.5, 0.6) is 5.88 Å². The highest BCUT2D eigenvalue weighted by Crippen LogP contribution is 2.36. The zero-order valence-electron chi connectivity index (χ0n) is 14.1. The average molecular weight is 357 g/mol. The summed E-state index contributed by atoms with van der Waals surface area (Å²) in [5.41, 5.74) is -0.874. The first-order valence-electron chi connectivity index (χ1n) is 7.83. The van der Waals surface area contributed by atoms with E-state index in [-0.39, 0.29) is 30.7 Å². The van der Waals surface area contributed by atoms with Gasteiger partial charge in [0.2, 0.25) is 11.8 Å². The number of alkyl halides is 3. The summed E-state index contributed by atoms with van der Waals surface area (Å²) in [6, 6.07) is 5.92. The van der Waals surface area contributed by atoms with Gasteiger partial charge in [0, 0.05) is 12.7 Å². The van der Waals surface area contributed by atoms with Gasteiger partial charge in [-0.1, -0.05) is 26.0 Å². The molecule has 0 aliphatic carbocycles. The Balaban J connectivity index is 2.47. The number of nitrogens with zero attached hydrogens (tertiary/aromatic N) is 3. The van der Waals surface area contributed by atoms with Gasteiger partial charge in [0.25, 0.3) is 0 Å². The van der Waals surface area contributed by atoms with Gasteiger partial charge in [-0.05, 0) is 25.0 Å². The Bertz CT molecular complexity index is 719. The lowest BCUT2D eigenvalue weighted by atomic mass is 10.2. The summed E-state index contributed by atoms with van der Waals surface area (Å²) >= 11 is 0. The molecule has 4 nitrogen and oxygen atoms in total. The highest BCUT2D eigenvalue weighted by atomic mass is 19.4. The van der Waals surface area contributed by atoms with E-state index in [1.807, 2.05) is 13.8 Å². The minimum absolute atomic E-state index is 0.0216. The van der Waals surface area contributed by atoms with E-state index in [0.29, 0.717) is 6.20 Å². The Hall–Kier alpha value is -2.38. The quantitative estimate of drug-likeness (QED) is 0.694. The highest BCUT2D eigenvalue weighted by molar-refractivity contribution is 5.58. The largest absolute Gasteiger partial charge is 0.477 e. The number of benzene rings is 1. The lowest BCUT2D eigenvalue weighted by Gasteiger charge is -2.23. The molecule has 0 bridgehead atoms. The molecule has 1 aromatic heterocycles. The minimum Gasteiger partial charge on any atom is -0.477 e. The normalized spacial score (nSPS) is 11.7. The van der Waals surface area contributed by atoms with Gasteiger partial charge in [0.1, 0.15) is 11.4 Å². The topological polar surface area (TPSA) is 38.2 Å². The van der Waals surface area contributed by atoms with Crippen LogP contribution in [0, 0.1) is 11.7 Å². The van der Waals surface area contributed by atoms with Crippen LogP contribution in [0.2, 0.25) is 0 Å². The first kappa shape index (κ1) is 19.0. The van der Waals surface area contributed by atoms with E-state index in [9.17, 15) is 17.6 Å². The first-order chi connectivity index (χ1) is 11.7. The van der Waals surface area contributed by atoms with Crippen molar-refractivity contribution in [1.82, 2.24) is 9.97 Å². The molecule has 0 radical (unpaired) electrons. The second-order valence-corrected chi connectivity index (χ2v) is 5.79. The maximum atomic E-state index is 14.0. The van der Waals surface area contributed by atoms with Crippen LogP contribution in [0.3, 0.4) is 0 Å². The molecule has 0 saturated carbocycles. The van der Waals surface area contributed by atoms with Crippen molar-refractivity contribution >= 4 is 11.6 Å². The number of hydrogen-bond acceptors (Lipinski definition) is 4. The van der Waals surface area contributed by atoms with Gasteiger partial charge in [-0.25, -0.2) is 9.37 Å². The van der Waals surface area contributed by atoms with Crippen LogP contribution in [0.4, 0.5) is 29.2 Å². The number of anilines is 2. The number of aromatic nitrogens is 2. The molecule has 136 valence electrons. The lowest BCUT2D eigenvalue weighted by molar-refractivity contribution is -0.139. The predicted molar refractivity (Wildman–Crippen MR) is 86.4 cm³/mol. The summed E-state index contributed by atoms with van der Waals surface area (Å²) in [5.74, 6) is -1.11. The molecule has 0 fully saturated rings. The maximum Gasteiger partial charge on any atom is 0.423 e. The second-order valence-electron chi connectivity index (χ2n) is 5.79. The third-order valence-electron chi connectivity index (χ3n) is 3.30. The van der Waals surface area contributed by atoms with E-state index >= 15 is 0 Å². The van der Waals surface area contributed by atoms with Gasteiger partial charge >= 0.3 is 6.18 Å². The molecule has 8 heteroatoms. The minimum atomic E-state index is -4.64. The fourth-order valence-electron chi connectivity index (χ4n) is 2.13. The van der Waals surface area contributed by atoms with Crippen molar-refractivity contribution in [3.63, 3.8) is 0 Å². The van der Waals surface area contributed by atoms with Gasteiger partial charge in [-0.15, -0.1) is 0 Å². The van der Waals surface area contributed by atoms with Crippen LogP contribution in [0.25, 0.3) is 0 Å². The van der Waals surface area contributed by atoms with E-state index in [4.69, 9.17) is 4.74 Å². The third kappa shape index (κ3) is 4.58. The summed E-state index contributed by atoms with van der Waals surface area (Å²) in [6.07, 6.45) is -3.97. The molecule has 0 aliphatic rings. The summed E-state index contributed by atoms with van der Waals surface area (Å²) in [5, 5.41) is 0. The van der Waals surface area contributed by atoms with Crippen LogP contribution in [0.1, 0.15) is 26.3 Å². The van der Waals surface area contributed by atoms with Crippen LogP contribution < -0.4 is 9.64 Å². The van der Waals surface area contributed by atoms with Crippen molar-refractivity contribution in [3.8, 4) is 5.88 Å². The molecule has 1 aromatic carbocycles. The van der Waals surface area contributed by atoms with Gasteiger partial charge in [0.05, 0.1) is 12.3 Å². The van der Waals surface area contributed by atoms with Crippen molar-refractivity contribution < 1.29 is 22.3 Å². The molecule has 0 spiro atoms. The van der Waals surface area contributed by atoms with Crippen LogP contribution in [-0.2, 0) is 6.18 Å². The molecule has 0 atom stereocenters. The first-order valence-corrected chi connectivity index (χ1v) is 7.83. The number of halogens is 4. The molecule has 0 N–H and O–H groups in total. The lowest BCUT2D eigenvalue weighted by Crippen LogP contribution is -2.22. The number of rotatable bonds is 6.